The van der Waals surface area contributed by atoms with Crippen molar-refractivity contribution < 1.29 is 9.53 Å². The summed E-state index contributed by atoms with van der Waals surface area (Å²) in [5, 5.41) is 0. The molecular formula is C16H23N3O2. The third kappa shape index (κ3) is 2.86. The van der Waals surface area contributed by atoms with E-state index in [1.54, 1.807) is 0 Å². The average molecular weight is 289 g/mol. The van der Waals surface area contributed by atoms with Crippen LogP contribution in [0, 0.1) is 0 Å². The van der Waals surface area contributed by atoms with Gasteiger partial charge in [0.15, 0.2) is 0 Å². The zero-order chi connectivity index (χ0) is 15.6. The molecule has 5 heteroatoms. The van der Waals surface area contributed by atoms with Gasteiger partial charge >= 0.3 is 5.97 Å². The second-order valence-electron chi connectivity index (χ2n) is 5.55. The lowest BCUT2D eigenvalue weighted by Gasteiger charge is -2.18. The molecule has 0 aliphatic carbocycles. The fourth-order valence-corrected chi connectivity index (χ4v) is 2.40. The molecule has 0 fully saturated rings. The third-order valence-electron chi connectivity index (χ3n) is 3.47. The molecule has 21 heavy (non-hydrogen) atoms. The summed E-state index contributed by atoms with van der Waals surface area (Å²) in [4.78, 5) is 16.8. The maximum absolute atomic E-state index is 12.2. The van der Waals surface area contributed by atoms with Crippen LogP contribution in [-0.2, 0) is 9.53 Å². The molecular weight excluding hydrogens is 266 g/mol. The molecule has 0 aliphatic rings. The number of anilines is 1. The molecule has 114 valence electrons. The maximum Gasteiger partial charge on any atom is 0.328 e. The normalized spacial score (nSPS) is 12.8. The highest BCUT2D eigenvalue weighted by molar-refractivity contribution is 5.89. The van der Waals surface area contributed by atoms with Crippen molar-refractivity contribution in [2.75, 3.05) is 12.3 Å². The van der Waals surface area contributed by atoms with Crippen LogP contribution >= 0.6 is 0 Å². The van der Waals surface area contributed by atoms with Gasteiger partial charge < -0.3 is 15.0 Å². The lowest BCUT2D eigenvalue weighted by atomic mass is 10.2. The van der Waals surface area contributed by atoms with Crippen LogP contribution in [0.3, 0.4) is 0 Å². The second-order valence-corrected chi connectivity index (χ2v) is 5.55. The second kappa shape index (κ2) is 6.16. The monoisotopic (exact) mass is 289 g/mol. The largest absolute Gasteiger partial charge is 0.464 e. The van der Waals surface area contributed by atoms with Crippen LogP contribution in [0.15, 0.2) is 18.2 Å². The maximum atomic E-state index is 12.2. The summed E-state index contributed by atoms with van der Waals surface area (Å²) >= 11 is 0. The van der Waals surface area contributed by atoms with E-state index in [4.69, 9.17) is 10.5 Å². The Morgan fingerprint density at radius 3 is 2.71 bits per heavy atom. The molecule has 0 spiro atoms. The Hall–Kier alpha value is -2.04. The van der Waals surface area contributed by atoms with E-state index < -0.39 is 6.04 Å². The number of hydrogen-bond donors (Lipinski definition) is 1. The fraction of sp³-hybridized carbons (Fsp3) is 0.500. The molecule has 1 unspecified atom stereocenters. The van der Waals surface area contributed by atoms with Crippen LogP contribution in [0.25, 0.3) is 11.0 Å². The average Bonchev–Trinajstić information content (AvgIpc) is 2.85. The SMILES string of the molecule is CCCOC(=O)C(C)n1c(C(C)C)nc2c(N)cccc21. The zero-order valence-electron chi connectivity index (χ0n) is 13.1. The number of para-hydroxylation sites is 1. The smallest absolute Gasteiger partial charge is 0.328 e. The molecule has 2 rings (SSSR count). The Labute approximate surface area is 125 Å². The number of nitrogens with two attached hydrogens (primary N) is 1. The molecule has 1 aromatic heterocycles. The van der Waals surface area contributed by atoms with E-state index in [2.05, 4.69) is 18.8 Å². The Morgan fingerprint density at radius 1 is 1.38 bits per heavy atom. The standard InChI is InChI=1S/C16H23N3O2/c1-5-9-21-16(20)11(4)19-13-8-6-7-12(17)14(13)18-15(19)10(2)3/h6-8,10-11H,5,9,17H2,1-4H3. The summed E-state index contributed by atoms with van der Waals surface area (Å²) in [6, 6.07) is 5.22. The van der Waals surface area contributed by atoms with E-state index in [9.17, 15) is 4.79 Å². The third-order valence-corrected chi connectivity index (χ3v) is 3.47. The van der Waals surface area contributed by atoms with Crippen LogP contribution < -0.4 is 5.73 Å². The van der Waals surface area contributed by atoms with Crippen molar-refractivity contribution in [3.05, 3.63) is 24.0 Å². The van der Waals surface area contributed by atoms with E-state index in [1.165, 1.54) is 0 Å². The summed E-state index contributed by atoms with van der Waals surface area (Å²) in [6.07, 6.45) is 0.813. The molecule has 5 nitrogen and oxygen atoms in total. The van der Waals surface area contributed by atoms with Gasteiger partial charge in [-0.2, -0.15) is 0 Å². The highest BCUT2D eigenvalue weighted by Gasteiger charge is 2.24. The van der Waals surface area contributed by atoms with Crippen LogP contribution in [-0.4, -0.2) is 22.1 Å². The van der Waals surface area contributed by atoms with Crippen LogP contribution in [0.1, 0.15) is 51.9 Å². The molecule has 0 aliphatic heterocycles. The van der Waals surface area contributed by atoms with Crippen molar-refractivity contribution in [2.24, 2.45) is 0 Å². The predicted molar refractivity (Wildman–Crippen MR) is 84.2 cm³/mol. The van der Waals surface area contributed by atoms with Gasteiger partial charge in [0.25, 0.3) is 0 Å². The predicted octanol–water partition coefficient (Wildman–Crippen LogP) is 3.26. The van der Waals surface area contributed by atoms with Gasteiger partial charge in [-0.3, -0.25) is 0 Å². The van der Waals surface area contributed by atoms with E-state index in [0.717, 1.165) is 23.3 Å². The first-order valence-corrected chi connectivity index (χ1v) is 7.40. The minimum Gasteiger partial charge on any atom is -0.464 e. The highest BCUT2D eigenvalue weighted by atomic mass is 16.5. The number of benzene rings is 1. The molecule has 1 heterocycles. The summed E-state index contributed by atoms with van der Waals surface area (Å²) in [7, 11) is 0. The van der Waals surface area contributed by atoms with Gasteiger partial charge in [-0.25, -0.2) is 9.78 Å². The molecule has 2 N–H and O–H groups in total. The first-order chi connectivity index (χ1) is 9.97. The van der Waals surface area contributed by atoms with E-state index >= 15 is 0 Å². The molecule has 0 saturated carbocycles. The quantitative estimate of drug-likeness (QED) is 0.677. The van der Waals surface area contributed by atoms with Crippen molar-refractivity contribution in [1.82, 2.24) is 9.55 Å². The number of carbonyl (C=O) groups excluding carboxylic acids is 1. The van der Waals surface area contributed by atoms with Gasteiger partial charge in [0.1, 0.15) is 17.4 Å². The number of ether oxygens (including phenoxy) is 1. The van der Waals surface area contributed by atoms with Crippen LogP contribution in [0.2, 0.25) is 0 Å². The first kappa shape index (κ1) is 15.4. The Balaban J connectivity index is 2.52. The first-order valence-electron chi connectivity index (χ1n) is 7.40. The summed E-state index contributed by atoms with van der Waals surface area (Å²) in [5.74, 6) is 0.808. The molecule has 1 aromatic carbocycles. The number of esters is 1. The molecule has 2 aromatic rings. The van der Waals surface area contributed by atoms with Crippen molar-refractivity contribution in [2.45, 2.75) is 46.1 Å². The van der Waals surface area contributed by atoms with Crippen molar-refractivity contribution >= 4 is 22.7 Å². The lowest BCUT2D eigenvalue weighted by Crippen LogP contribution is -2.21. The Bertz CT molecular complexity index is 646. The number of aromatic nitrogens is 2. The topological polar surface area (TPSA) is 70.1 Å². The lowest BCUT2D eigenvalue weighted by molar-refractivity contribution is -0.147. The summed E-state index contributed by atoms with van der Waals surface area (Å²) in [6.45, 7) is 8.37. The number of fused-ring (bicyclic) bond motifs is 1. The van der Waals surface area contributed by atoms with Crippen LogP contribution in [0.5, 0.6) is 0 Å². The number of nitrogens with zero attached hydrogens (tertiary/aromatic N) is 2. The number of hydrogen-bond acceptors (Lipinski definition) is 4. The van der Waals surface area contributed by atoms with Gasteiger partial charge in [-0.05, 0) is 25.5 Å². The van der Waals surface area contributed by atoms with Gasteiger partial charge in [0.2, 0.25) is 0 Å². The minimum atomic E-state index is -0.416. The summed E-state index contributed by atoms with van der Waals surface area (Å²) in [5.41, 5.74) is 8.25. The molecule has 0 amide bonds. The number of imidazole rings is 1. The van der Waals surface area contributed by atoms with Crippen molar-refractivity contribution in [3.63, 3.8) is 0 Å². The van der Waals surface area contributed by atoms with Gasteiger partial charge in [-0.15, -0.1) is 0 Å². The van der Waals surface area contributed by atoms with Crippen molar-refractivity contribution in [1.29, 1.82) is 0 Å². The molecule has 0 saturated heterocycles. The highest BCUT2D eigenvalue weighted by Crippen LogP contribution is 2.29. The van der Waals surface area contributed by atoms with E-state index in [-0.39, 0.29) is 11.9 Å². The van der Waals surface area contributed by atoms with Gasteiger partial charge in [0.05, 0.1) is 17.8 Å². The molecule has 0 radical (unpaired) electrons. The number of nitrogen functional groups attached to an aromatic ring is 1. The van der Waals surface area contributed by atoms with Crippen LogP contribution in [0.4, 0.5) is 5.69 Å². The van der Waals surface area contributed by atoms with Gasteiger partial charge in [-0.1, -0.05) is 26.8 Å². The Kier molecular flexibility index (Phi) is 4.50. The van der Waals surface area contributed by atoms with Gasteiger partial charge in [0, 0.05) is 5.92 Å². The molecule has 1 atom stereocenters. The fourth-order valence-electron chi connectivity index (χ4n) is 2.40. The Morgan fingerprint density at radius 2 is 2.10 bits per heavy atom. The zero-order valence-corrected chi connectivity index (χ0v) is 13.1. The van der Waals surface area contributed by atoms with E-state index in [1.807, 2.05) is 36.6 Å². The minimum absolute atomic E-state index is 0.193. The van der Waals surface area contributed by atoms with Crippen molar-refractivity contribution in [3.8, 4) is 0 Å². The van der Waals surface area contributed by atoms with E-state index in [0.29, 0.717) is 12.3 Å². The molecule has 0 bridgehead atoms. The number of rotatable bonds is 5. The number of carbonyl (C=O) groups is 1. The summed E-state index contributed by atoms with van der Waals surface area (Å²) < 4.78 is 7.21.